The van der Waals surface area contributed by atoms with Gasteiger partial charge in [0.25, 0.3) is 5.91 Å². The molecule has 0 spiro atoms. The summed E-state index contributed by atoms with van der Waals surface area (Å²) in [7, 11) is 3.21. The van der Waals surface area contributed by atoms with Gasteiger partial charge in [0.15, 0.2) is 0 Å². The van der Waals surface area contributed by atoms with E-state index in [4.69, 9.17) is 9.47 Å². The largest absolute Gasteiger partial charge is 0.497 e. The Balaban J connectivity index is 1.63. The number of hydrogen-bond donors (Lipinski definition) is 2. The number of carbonyl (C=O) groups is 2. The molecular formula is C26H32N2O5. The van der Waals surface area contributed by atoms with E-state index in [2.05, 4.69) is 5.32 Å². The van der Waals surface area contributed by atoms with E-state index in [1.807, 2.05) is 24.3 Å². The average Bonchev–Trinajstić information content (AvgIpc) is 2.86. The summed E-state index contributed by atoms with van der Waals surface area (Å²) < 4.78 is 11.1. The molecule has 2 aromatic carbocycles. The molecule has 4 rings (SSSR count). The molecule has 1 heterocycles. The van der Waals surface area contributed by atoms with Crippen molar-refractivity contribution in [2.24, 2.45) is 5.92 Å². The van der Waals surface area contributed by atoms with Gasteiger partial charge < -0.3 is 24.8 Å². The SMILES string of the molecule is COc1ccc(OC)c([C@H]2[C@H]3CCCC[C@@]3(O)CCN2C(=O)CNC(=O)c2ccccc2)c1. The molecule has 1 aliphatic heterocycles. The summed E-state index contributed by atoms with van der Waals surface area (Å²) in [6, 6.07) is 14.0. The zero-order valence-corrected chi connectivity index (χ0v) is 19.3. The van der Waals surface area contributed by atoms with Gasteiger partial charge in [-0.15, -0.1) is 0 Å². The third-order valence-electron chi connectivity index (χ3n) is 7.08. The number of hydrogen-bond acceptors (Lipinski definition) is 5. The minimum atomic E-state index is -0.818. The minimum Gasteiger partial charge on any atom is -0.497 e. The van der Waals surface area contributed by atoms with E-state index in [0.717, 1.165) is 31.2 Å². The summed E-state index contributed by atoms with van der Waals surface area (Å²) in [4.78, 5) is 27.7. The van der Waals surface area contributed by atoms with Gasteiger partial charge in [-0.25, -0.2) is 0 Å². The third kappa shape index (κ3) is 4.69. The van der Waals surface area contributed by atoms with Crippen LogP contribution in [0.2, 0.25) is 0 Å². The van der Waals surface area contributed by atoms with E-state index < -0.39 is 5.60 Å². The lowest BCUT2D eigenvalue weighted by Crippen LogP contribution is -2.57. The van der Waals surface area contributed by atoms with Crippen molar-refractivity contribution < 1.29 is 24.2 Å². The van der Waals surface area contributed by atoms with Gasteiger partial charge in [0.1, 0.15) is 11.5 Å². The molecule has 2 N–H and O–H groups in total. The molecule has 7 nitrogen and oxygen atoms in total. The summed E-state index contributed by atoms with van der Waals surface area (Å²) in [5.74, 6) is 0.740. The topological polar surface area (TPSA) is 88.1 Å². The second-order valence-corrected chi connectivity index (χ2v) is 8.89. The molecule has 1 saturated heterocycles. The highest BCUT2D eigenvalue weighted by Gasteiger charge is 2.50. The summed E-state index contributed by atoms with van der Waals surface area (Å²) in [6.45, 7) is 0.305. The smallest absolute Gasteiger partial charge is 0.251 e. The molecule has 2 amide bonds. The number of rotatable bonds is 6. The monoisotopic (exact) mass is 452 g/mol. The maximum Gasteiger partial charge on any atom is 0.251 e. The number of benzene rings is 2. The molecule has 0 bridgehead atoms. The molecule has 2 fully saturated rings. The Hall–Kier alpha value is -3.06. The number of fused-ring (bicyclic) bond motifs is 1. The van der Waals surface area contributed by atoms with Crippen LogP contribution in [0.3, 0.4) is 0 Å². The fourth-order valence-electron chi connectivity index (χ4n) is 5.37. The fraction of sp³-hybridized carbons (Fsp3) is 0.462. The van der Waals surface area contributed by atoms with Crippen LogP contribution in [0.4, 0.5) is 0 Å². The maximum atomic E-state index is 13.4. The second-order valence-electron chi connectivity index (χ2n) is 8.89. The lowest BCUT2D eigenvalue weighted by molar-refractivity contribution is -0.154. The van der Waals surface area contributed by atoms with Crippen molar-refractivity contribution in [3.63, 3.8) is 0 Å². The van der Waals surface area contributed by atoms with Crippen LogP contribution in [0.15, 0.2) is 48.5 Å². The van der Waals surface area contributed by atoms with E-state index in [9.17, 15) is 14.7 Å². The number of likely N-dealkylation sites (tertiary alicyclic amines) is 1. The Morgan fingerprint density at radius 2 is 1.88 bits per heavy atom. The number of aliphatic hydroxyl groups is 1. The van der Waals surface area contributed by atoms with Crippen LogP contribution in [0.5, 0.6) is 11.5 Å². The van der Waals surface area contributed by atoms with Crippen LogP contribution in [-0.4, -0.2) is 54.7 Å². The molecule has 0 radical (unpaired) electrons. The van der Waals surface area contributed by atoms with Gasteiger partial charge in [0.05, 0.1) is 32.4 Å². The van der Waals surface area contributed by atoms with Crippen molar-refractivity contribution in [3.8, 4) is 11.5 Å². The van der Waals surface area contributed by atoms with Crippen LogP contribution in [0, 0.1) is 5.92 Å². The molecule has 0 aromatic heterocycles. The number of carbonyl (C=O) groups excluding carboxylic acids is 2. The summed E-state index contributed by atoms with van der Waals surface area (Å²) in [5, 5.41) is 14.3. The Morgan fingerprint density at radius 1 is 1.09 bits per heavy atom. The highest BCUT2D eigenvalue weighted by molar-refractivity contribution is 5.96. The van der Waals surface area contributed by atoms with E-state index in [1.54, 1.807) is 43.4 Å². The molecular weight excluding hydrogens is 420 g/mol. The fourth-order valence-corrected chi connectivity index (χ4v) is 5.37. The Morgan fingerprint density at radius 3 is 2.61 bits per heavy atom. The lowest BCUT2D eigenvalue weighted by atomic mass is 9.66. The molecule has 176 valence electrons. The highest BCUT2D eigenvalue weighted by atomic mass is 16.5. The van der Waals surface area contributed by atoms with Gasteiger partial charge in [-0.05, 0) is 49.6 Å². The van der Waals surface area contributed by atoms with Crippen LogP contribution < -0.4 is 14.8 Å². The van der Waals surface area contributed by atoms with Gasteiger partial charge in [0.2, 0.25) is 5.91 Å². The Labute approximate surface area is 194 Å². The average molecular weight is 453 g/mol. The predicted octanol–water partition coefficient (Wildman–Crippen LogP) is 3.33. The van der Waals surface area contributed by atoms with Crippen LogP contribution >= 0.6 is 0 Å². The molecule has 7 heteroatoms. The first-order chi connectivity index (χ1) is 16.0. The standard InChI is InChI=1S/C26H32N2O5/c1-32-19-11-12-22(33-2)20(16-19)24-21-10-6-7-13-26(21,31)14-15-28(24)23(29)17-27-25(30)18-8-4-3-5-9-18/h3-5,8-9,11-12,16,21,24,31H,6-7,10,13-15,17H2,1-2H3,(H,27,30)/t21-,24+,26-/m1/s1. The van der Waals surface area contributed by atoms with E-state index >= 15 is 0 Å². The summed E-state index contributed by atoms with van der Waals surface area (Å²) >= 11 is 0. The number of nitrogens with zero attached hydrogens (tertiary/aromatic N) is 1. The lowest BCUT2D eigenvalue weighted by Gasteiger charge is -2.52. The molecule has 2 aromatic rings. The molecule has 2 aliphatic rings. The number of piperidine rings is 1. The predicted molar refractivity (Wildman–Crippen MR) is 124 cm³/mol. The van der Waals surface area contributed by atoms with Crippen molar-refractivity contribution in [1.82, 2.24) is 10.2 Å². The van der Waals surface area contributed by atoms with Crippen LogP contribution in [0.1, 0.15) is 54.1 Å². The quantitative estimate of drug-likeness (QED) is 0.702. The van der Waals surface area contributed by atoms with Gasteiger partial charge in [-0.1, -0.05) is 31.0 Å². The zero-order valence-electron chi connectivity index (χ0n) is 19.3. The minimum absolute atomic E-state index is 0.109. The van der Waals surface area contributed by atoms with Crippen molar-refractivity contribution in [1.29, 1.82) is 0 Å². The Kier molecular flexibility index (Phi) is 6.88. The van der Waals surface area contributed by atoms with E-state index in [-0.39, 0.29) is 30.3 Å². The number of nitrogens with one attached hydrogen (secondary N) is 1. The first-order valence-corrected chi connectivity index (χ1v) is 11.5. The van der Waals surface area contributed by atoms with Crippen LogP contribution in [-0.2, 0) is 4.79 Å². The van der Waals surface area contributed by atoms with Crippen molar-refractivity contribution in [2.45, 2.75) is 43.7 Å². The van der Waals surface area contributed by atoms with E-state index in [0.29, 0.717) is 30.0 Å². The van der Waals surface area contributed by atoms with Crippen LogP contribution in [0.25, 0.3) is 0 Å². The Bertz CT molecular complexity index is 995. The normalized spacial score (nSPS) is 24.5. The molecule has 1 aliphatic carbocycles. The maximum absolute atomic E-state index is 13.4. The molecule has 1 saturated carbocycles. The van der Waals surface area contributed by atoms with E-state index in [1.165, 1.54) is 0 Å². The van der Waals surface area contributed by atoms with Crippen molar-refractivity contribution in [3.05, 3.63) is 59.7 Å². The van der Waals surface area contributed by atoms with Crippen molar-refractivity contribution in [2.75, 3.05) is 27.3 Å². The first kappa shape index (κ1) is 23.1. The third-order valence-corrected chi connectivity index (χ3v) is 7.08. The summed E-state index contributed by atoms with van der Waals surface area (Å²) in [6.07, 6.45) is 4.06. The summed E-state index contributed by atoms with van der Waals surface area (Å²) in [5.41, 5.74) is 0.516. The number of methoxy groups -OCH3 is 2. The van der Waals surface area contributed by atoms with Gasteiger partial charge in [-0.2, -0.15) is 0 Å². The number of ether oxygens (including phenoxy) is 2. The van der Waals surface area contributed by atoms with Gasteiger partial charge in [-0.3, -0.25) is 9.59 Å². The van der Waals surface area contributed by atoms with Gasteiger partial charge >= 0.3 is 0 Å². The number of amides is 2. The molecule has 3 atom stereocenters. The second kappa shape index (κ2) is 9.83. The first-order valence-electron chi connectivity index (χ1n) is 11.5. The highest BCUT2D eigenvalue weighted by Crippen LogP contribution is 2.51. The zero-order chi connectivity index (χ0) is 23.4. The van der Waals surface area contributed by atoms with Crippen molar-refractivity contribution >= 4 is 11.8 Å². The molecule has 33 heavy (non-hydrogen) atoms. The molecule has 0 unspecified atom stereocenters. The van der Waals surface area contributed by atoms with Gasteiger partial charge in [0, 0.05) is 23.6 Å².